The van der Waals surface area contributed by atoms with Crippen molar-refractivity contribution >= 4 is 26.3 Å². The van der Waals surface area contributed by atoms with Crippen molar-refractivity contribution in [2.45, 2.75) is 57.6 Å². The Kier molecular flexibility index (Phi) is 5.97. The predicted octanol–water partition coefficient (Wildman–Crippen LogP) is 5.79. The predicted molar refractivity (Wildman–Crippen MR) is 130 cm³/mol. The summed E-state index contributed by atoms with van der Waals surface area (Å²) in [5.41, 5.74) is 7.22. The standard InChI is InChI=1S/C25H30N2O2S2/c1-16-6-8-21(9-7-16)23-15-30-25(26-23)27-12-10-22(11-13-27)31(28,29)24-19(4)17(2)14-18(3)20(24)5/h6-9,14-15,22H,10-13H2,1-5H3. The second-order valence-corrected chi connectivity index (χ2v) is 11.7. The van der Waals surface area contributed by atoms with Gasteiger partial charge in [0.1, 0.15) is 0 Å². The second-order valence-electron chi connectivity index (χ2n) is 8.70. The van der Waals surface area contributed by atoms with E-state index in [-0.39, 0.29) is 5.25 Å². The fraction of sp³-hybridized carbons (Fsp3) is 0.400. The third-order valence-electron chi connectivity index (χ3n) is 6.57. The lowest BCUT2D eigenvalue weighted by molar-refractivity contribution is 0.528. The fourth-order valence-corrected chi connectivity index (χ4v) is 7.63. The lowest BCUT2D eigenvalue weighted by Gasteiger charge is -2.32. The molecule has 2 heterocycles. The molecule has 0 radical (unpaired) electrons. The molecule has 0 amide bonds. The number of thiazole rings is 1. The monoisotopic (exact) mass is 454 g/mol. The van der Waals surface area contributed by atoms with Crippen molar-refractivity contribution in [3.05, 3.63) is 63.5 Å². The van der Waals surface area contributed by atoms with Gasteiger partial charge in [-0.05, 0) is 69.7 Å². The van der Waals surface area contributed by atoms with Gasteiger partial charge >= 0.3 is 0 Å². The van der Waals surface area contributed by atoms with Gasteiger partial charge in [0.15, 0.2) is 15.0 Å². The zero-order chi connectivity index (χ0) is 22.3. The normalized spacial score (nSPS) is 15.5. The average molecular weight is 455 g/mol. The molecule has 1 aliphatic rings. The van der Waals surface area contributed by atoms with Crippen molar-refractivity contribution in [3.8, 4) is 11.3 Å². The van der Waals surface area contributed by atoms with Crippen LogP contribution in [0, 0.1) is 34.6 Å². The van der Waals surface area contributed by atoms with Gasteiger partial charge in [-0.1, -0.05) is 35.9 Å². The number of aryl methyl sites for hydroxylation is 3. The van der Waals surface area contributed by atoms with Gasteiger partial charge in [-0.15, -0.1) is 11.3 Å². The van der Waals surface area contributed by atoms with E-state index in [2.05, 4.69) is 47.5 Å². The van der Waals surface area contributed by atoms with E-state index in [0.717, 1.165) is 38.6 Å². The molecule has 1 aliphatic heterocycles. The Morgan fingerprint density at radius 2 is 1.52 bits per heavy atom. The number of aromatic nitrogens is 1. The van der Waals surface area contributed by atoms with Crippen molar-refractivity contribution < 1.29 is 8.42 Å². The highest BCUT2D eigenvalue weighted by molar-refractivity contribution is 7.92. The van der Waals surface area contributed by atoms with Crippen LogP contribution < -0.4 is 4.90 Å². The molecular formula is C25H30N2O2S2. The van der Waals surface area contributed by atoms with E-state index in [1.165, 1.54) is 5.56 Å². The summed E-state index contributed by atoms with van der Waals surface area (Å²) < 4.78 is 27.1. The van der Waals surface area contributed by atoms with Gasteiger partial charge in [-0.2, -0.15) is 0 Å². The SMILES string of the molecule is Cc1ccc(-c2csc(N3CCC(S(=O)(=O)c4c(C)c(C)cc(C)c4C)CC3)n2)cc1. The molecule has 0 saturated carbocycles. The molecule has 1 fully saturated rings. The van der Waals surface area contributed by atoms with Crippen LogP contribution >= 0.6 is 11.3 Å². The summed E-state index contributed by atoms with van der Waals surface area (Å²) in [5, 5.41) is 2.73. The van der Waals surface area contributed by atoms with Crippen molar-refractivity contribution in [2.75, 3.05) is 18.0 Å². The first kappa shape index (κ1) is 22.0. The molecule has 2 aromatic carbocycles. The molecular weight excluding hydrogens is 424 g/mol. The lowest BCUT2D eigenvalue weighted by atomic mass is 10.0. The summed E-state index contributed by atoms with van der Waals surface area (Å²) in [6.07, 6.45) is 1.27. The zero-order valence-electron chi connectivity index (χ0n) is 18.9. The number of nitrogens with zero attached hydrogens (tertiary/aromatic N) is 2. The maximum Gasteiger partial charge on any atom is 0.185 e. The molecule has 0 N–H and O–H groups in total. The molecule has 4 nitrogen and oxygen atoms in total. The maximum atomic E-state index is 13.6. The molecule has 0 aliphatic carbocycles. The van der Waals surface area contributed by atoms with E-state index in [9.17, 15) is 8.42 Å². The summed E-state index contributed by atoms with van der Waals surface area (Å²) >= 11 is 1.63. The topological polar surface area (TPSA) is 50.3 Å². The molecule has 4 rings (SSSR count). The van der Waals surface area contributed by atoms with Gasteiger partial charge in [0.05, 0.1) is 15.8 Å². The molecule has 164 valence electrons. The Balaban J connectivity index is 1.51. The smallest absolute Gasteiger partial charge is 0.185 e. The minimum absolute atomic E-state index is 0.334. The van der Waals surface area contributed by atoms with Crippen molar-refractivity contribution in [3.63, 3.8) is 0 Å². The van der Waals surface area contributed by atoms with Gasteiger partial charge in [0, 0.05) is 24.0 Å². The van der Waals surface area contributed by atoms with Crippen LogP contribution in [0.2, 0.25) is 0 Å². The maximum absolute atomic E-state index is 13.6. The third kappa shape index (κ3) is 4.15. The minimum Gasteiger partial charge on any atom is -0.348 e. The number of piperidine rings is 1. The average Bonchev–Trinajstić information content (AvgIpc) is 3.23. The van der Waals surface area contributed by atoms with Gasteiger partial charge in [0.25, 0.3) is 0 Å². The van der Waals surface area contributed by atoms with E-state index in [4.69, 9.17) is 4.98 Å². The first-order chi connectivity index (χ1) is 14.7. The van der Waals surface area contributed by atoms with Crippen LogP contribution in [0.5, 0.6) is 0 Å². The van der Waals surface area contributed by atoms with Crippen molar-refractivity contribution in [1.29, 1.82) is 0 Å². The van der Waals surface area contributed by atoms with E-state index in [1.807, 2.05) is 27.7 Å². The number of benzene rings is 2. The van der Waals surface area contributed by atoms with Crippen molar-refractivity contribution in [2.24, 2.45) is 0 Å². The van der Waals surface area contributed by atoms with E-state index in [0.29, 0.717) is 30.8 Å². The second kappa shape index (κ2) is 8.40. The summed E-state index contributed by atoms with van der Waals surface area (Å²) in [7, 11) is -3.36. The highest BCUT2D eigenvalue weighted by atomic mass is 32.2. The summed E-state index contributed by atoms with van der Waals surface area (Å²) in [6, 6.07) is 10.5. The van der Waals surface area contributed by atoms with E-state index >= 15 is 0 Å². The van der Waals surface area contributed by atoms with Crippen LogP contribution in [0.4, 0.5) is 5.13 Å². The number of hydrogen-bond acceptors (Lipinski definition) is 5. The Morgan fingerprint density at radius 1 is 0.935 bits per heavy atom. The van der Waals surface area contributed by atoms with Crippen LogP contribution in [-0.4, -0.2) is 31.7 Å². The Bertz CT molecular complexity index is 1180. The lowest BCUT2D eigenvalue weighted by Crippen LogP contribution is -2.39. The summed E-state index contributed by atoms with van der Waals surface area (Å²) in [4.78, 5) is 7.61. The highest BCUT2D eigenvalue weighted by Gasteiger charge is 2.34. The number of rotatable bonds is 4. The minimum atomic E-state index is -3.36. The third-order valence-corrected chi connectivity index (χ3v) is 10.0. The molecule has 1 saturated heterocycles. The van der Waals surface area contributed by atoms with Crippen molar-refractivity contribution in [1.82, 2.24) is 4.98 Å². The number of hydrogen-bond donors (Lipinski definition) is 0. The van der Waals surface area contributed by atoms with Crippen LogP contribution in [0.1, 0.15) is 40.7 Å². The number of anilines is 1. The molecule has 1 aromatic heterocycles. The zero-order valence-corrected chi connectivity index (χ0v) is 20.5. The highest BCUT2D eigenvalue weighted by Crippen LogP contribution is 2.34. The van der Waals surface area contributed by atoms with E-state index < -0.39 is 9.84 Å². The summed E-state index contributed by atoms with van der Waals surface area (Å²) in [6.45, 7) is 11.4. The largest absolute Gasteiger partial charge is 0.348 e. The first-order valence-corrected chi connectivity index (χ1v) is 13.2. The Labute approximate surface area is 189 Å². The first-order valence-electron chi connectivity index (χ1n) is 10.8. The van der Waals surface area contributed by atoms with E-state index in [1.54, 1.807) is 11.3 Å². The number of sulfone groups is 1. The molecule has 0 spiro atoms. The van der Waals surface area contributed by atoms with Gasteiger partial charge in [-0.25, -0.2) is 13.4 Å². The van der Waals surface area contributed by atoms with Crippen LogP contribution in [0.3, 0.4) is 0 Å². The summed E-state index contributed by atoms with van der Waals surface area (Å²) in [5.74, 6) is 0. The Morgan fingerprint density at radius 3 is 2.10 bits per heavy atom. The van der Waals surface area contributed by atoms with Gasteiger partial charge < -0.3 is 4.90 Å². The van der Waals surface area contributed by atoms with Crippen LogP contribution in [-0.2, 0) is 9.84 Å². The van der Waals surface area contributed by atoms with Crippen LogP contribution in [0.25, 0.3) is 11.3 Å². The molecule has 0 unspecified atom stereocenters. The molecule has 6 heteroatoms. The Hall–Kier alpha value is -2.18. The molecule has 31 heavy (non-hydrogen) atoms. The van der Waals surface area contributed by atoms with Crippen LogP contribution in [0.15, 0.2) is 40.6 Å². The molecule has 0 bridgehead atoms. The quantitative estimate of drug-likeness (QED) is 0.500. The molecule has 0 atom stereocenters. The van der Waals surface area contributed by atoms with Gasteiger partial charge in [-0.3, -0.25) is 0 Å². The fourth-order valence-electron chi connectivity index (χ4n) is 4.40. The molecule has 3 aromatic rings. The van der Waals surface area contributed by atoms with Gasteiger partial charge in [0.2, 0.25) is 0 Å².